The fraction of sp³-hybridized carbons (Fsp3) is 0.500. The number of carboxylic acid groups (broad SMARTS) is 6. The molecule has 2 radical (unpaired) electrons. The third-order valence-electron chi connectivity index (χ3n) is 0. The first-order chi connectivity index (χ1) is 10.4. The van der Waals surface area contributed by atoms with Crippen molar-refractivity contribution >= 4 is 35.8 Å². The average Bonchev–Trinajstić information content (AvgIpc) is 2.08. The number of hydrogen-bond donors (Lipinski definition) is 2. The summed E-state index contributed by atoms with van der Waals surface area (Å²) in [6, 6.07) is 0. The van der Waals surface area contributed by atoms with Gasteiger partial charge in [-0.3, -0.25) is 9.59 Å². The summed E-state index contributed by atoms with van der Waals surface area (Å²) < 4.78 is 0. The van der Waals surface area contributed by atoms with Crippen molar-refractivity contribution in [2.24, 2.45) is 0 Å². The Kier molecular flexibility index (Phi) is 104. The predicted octanol–water partition coefficient (Wildman–Crippen LogP) is -7.79. The second-order valence-electron chi connectivity index (χ2n) is 3.00. The molecule has 12 nitrogen and oxygen atoms in total. The van der Waals surface area contributed by atoms with Gasteiger partial charge >= 0.3 is 49.0 Å². The molecule has 0 aliphatic rings. The number of hydrogen-bond acceptors (Lipinski definition) is 10. The van der Waals surface area contributed by atoms with E-state index in [9.17, 15) is 0 Å². The number of carbonyl (C=O) groups excluding carboxylic acids is 4. The maximum absolute atomic E-state index is 9.00. The number of rotatable bonds is 0. The van der Waals surface area contributed by atoms with E-state index in [4.69, 9.17) is 59.4 Å². The Morgan fingerprint density at radius 3 is 0.519 bits per heavy atom. The molecule has 0 aromatic carbocycles. The fourth-order valence-electron chi connectivity index (χ4n) is 0. The number of carboxylic acids is 6. The van der Waals surface area contributed by atoms with Gasteiger partial charge in [-0.05, 0) is 27.7 Å². The SMILES string of the molecule is CC(=O)O.CC(=O)O.CC(=O)[O-].CC(=O)[O-].CC(=O)[O-].CC(=O)[O-].[Na+].[Rh+2].[Rh]. The van der Waals surface area contributed by atoms with E-state index in [0.717, 1.165) is 41.5 Å². The van der Waals surface area contributed by atoms with Crippen LogP contribution in [-0.2, 0) is 67.7 Å². The predicted molar refractivity (Wildman–Crippen MR) is 69.3 cm³/mol. The van der Waals surface area contributed by atoms with Crippen molar-refractivity contribution in [2.75, 3.05) is 0 Å². The van der Waals surface area contributed by atoms with E-state index in [-0.39, 0.29) is 68.5 Å². The Bertz CT molecular complexity index is 272. The molecule has 0 saturated heterocycles. The average molecular weight is 585 g/mol. The van der Waals surface area contributed by atoms with E-state index in [1.165, 1.54) is 0 Å². The summed E-state index contributed by atoms with van der Waals surface area (Å²) in [6.07, 6.45) is 0. The third-order valence-corrected chi connectivity index (χ3v) is 0. The first-order valence-electron chi connectivity index (χ1n) is 5.49. The zero-order chi connectivity index (χ0) is 21.5. The van der Waals surface area contributed by atoms with Crippen molar-refractivity contribution in [3.8, 4) is 0 Å². The van der Waals surface area contributed by atoms with E-state index in [1.807, 2.05) is 0 Å². The second-order valence-corrected chi connectivity index (χ2v) is 3.00. The van der Waals surface area contributed by atoms with Crippen molar-refractivity contribution < 1.29 is 128 Å². The standard InChI is InChI=1S/6C2H4O2.Na.2Rh/c6*1-2(3)4;;;/h6*1H3,(H,3,4);;;/q;;;;;;+1;;+2/p-4. The van der Waals surface area contributed by atoms with Crippen LogP contribution < -0.4 is 50.0 Å². The smallest absolute Gasteiger partial charge is 0.550 e. The largest absolute Gasteiger partial charge is 2.00 e. The fourth-order valence-corrected chi connectivity index (χ4v) is 0. The van der Waals surface area contributed by atoms with Crippen LogP contribution >= 0.6 is 0 Å². The molecule has 15 heteroatoms. The summed E-state index contributed by atoms with van der Waals surface area (Å²) in [4.78, 5) is 53.6. The molecular formula is C12H20NaO12Rh2-. The van der Waals surface area contributed by atoms with Crippen molar-refractivity contribution in [1.82, 2.24) is 0 Å². The van der Waals surface area contributed by atoms with Crippen LogP contribution in [0.15, 0.2) is 0 Å². The molecule has 0 amide bonds. The zero-order valence-corrected chi connectivity index (χ0v) is 20.9. The van der Waals surface area contributed by atoms with Crippen LogP contribution in [0.25, 0.3) is 0 Å². The van der Waals surface area contributed by atoms with Crippen molar-refractivity contribution in [3.05, 3.63) is 0 Å². The molecule has 27 heavy (non-hydrogen) atoms. The molecule has 0 spiro atoms. The molecular weight excluding hydrogens is 565 g/mol. The molecule has 0 saturated carbocycles. The molecule has 0 aromatic rings. The quantitative estimate of drug-likeness (QED) is 0.252. The van der Waals surface area contributed by atoms with Crippen LogP contribution in [0.4, 0.5) is 0 Å². The Hall–Kier alpha value is -0.933. The molecule has 2 N–H and O–H groups in total. The van der Waals surface area contributed by atoms with Crippen LogP contribution in [0.1, 0.15) is 41.5 Å². The Morgan fingerprint density at radius 2 is 0.519 bits per heavy atom. The summed E-state index contributed by atoms with van der Waals surface area (Å²) in [5.74, 6) is -6.00. The Morgan fingerprint density at radius 1 is 0.519 bits per heavy atom. The van der Waals surface area contributed by atoms with Gasteiger partial charge in [-0.15, -0.1) is 0 Å². The van der Waals surface area contributed by atoms with E-state index < -0.39 is 35.8 Å². The molecule has 160 valence electrons. The van der Waals surface area contributed by atoms with Crippen LogP contribution in [0, 0.1) is 0 Å². The maximum Gasteiger partial charge on any atom is 2.00 e. The van der Waals surface area contributed by atoms with Crippen LogP contribution in [0.2, 0.25) is 0 Å². The molecule has 0 aliphatic carbocycles. The minimum atomic E-state index is -1.08. The van der Waals surface area contributed by atoms with Gasteiger partial charge in [0.15, 0.2) is 0 Å². The molecule has 0 unspecified atom stereocenters. The summed E-state index contributed by atoms with van der Waals surface area (Å²) >= 11 is 0. The van der Waals surface area contributed by atoms with Gasteiger partial charge in [0.25, 0.3) is 11.9 Å². The molecule has 0 aromatic heterocycles. The van der Waals surface area contributed by atoms with Gasteiger partial charge in [-0.2, -0.15) is 0 Å². The second kappa shape index (κ2) is 49.8. The van der Waals surface area contributed by atoms with Gasteiger partial charge in [0.05, 0.1) is 0 Å². The summed E-state index contributed by atoms with van der Waals surface area (Å²) in [5, 5.41) is 50.4. The van der Waals surface area contributed by atoms with Crippen LogP contribution in [-0.4, -0.2) is 46.0 Å². The van der Waals surface area contributed by atoms with Gasteiger partial charge in [-0.25, -0.2) is 0 Å². The van der Waals surface area contributed by atoms with Gasteiger partial charge in [0.1, 0.15) is 0 Å². The topological polar surface area (TPSA) is 235 Å². The molecule has 0 rings (SSSR count). The van der Waals surface area contributed by atoms with Crippen LogP contribution in [0.3, 0.4) is 0 Å². The molecule has 0 bridgehead atoms. The Balaban J connectivity index is -0.0000000201. The van der Waals surface area contributed by atoms with E-state index in [1.54, 1.807) is 0 Å². The monoisotopic (exact) mass is 585 g/mol. The maximum atomic E-state index is 9.00. The van der Waals surface area contributed by atoms with E-state index in [0.29, 0.717) is 0 Å². The van der Waals surface area contributed by atoms with Crippen molar-refractivity contribution in [2.45, 2.75) is 41.5 Å². The molecule has 0 atom stereocenters. The van der Waals surface area contributed by atoms with Gasteiger partial charge in [0, 0.05) is 57.2 Å². The van der Waals surface area contributed by atoms with Gasteiger partial charge in [-0.1, -0.05) is 0 Å². The summed E-state index contributed by atoms with van der Waals surface area (Å²) in [7, 11) is 0. The molecule has 0 fully saturated rings. The zero-order valence-electron chi connectivity index (χ0n) is 15.6. The van der Waals surface area contributed by atoms with E-state index >= 15 is 0 Å². The first kappa shape index (κ1) is 56.2. The van der Waals surface area contributed by atoms with E-state index in [2.05, 4.69) is 0 Å². The minimum Gasteiger partial charge on any atom is -0.550 e. The normalized spacial score (nSPS) is 5.56. The third kappa shape index (κ3) is 15300. The van der Waals surface area contributed by atoms with Crippen LogP contribution in [0.5, 0.6) is 0 Å². The number of carbonyl (C=O) groups is 6. The summed E-state index contributed by atoms with van der Waals surface area (Å²) in [5.41, 5.74) is 0. The van der Waals surface area contributed by atoms with Crippen molar-refractivity contribution in [1.29, 1.82) is 0 Å². The summed E-state index contributed by atoms with van der Waals surface area (Å²) in [6.45, 7) is 6.06. The number of aliphatic carboxylic acids is 6. The Labute approximate surface area is 204 Å². The van der Waals surface area contributed by atoms with Gasteiger partial charge < -0.3 is 49.8 Å². The van der Waals surface area contributed by atoms with Crippen molar-refractivity contribution in [3.63, 3.8) is 0 Å². The van der Waals surface area contributed by atoms with Gasteiger partial charge in [0.2, 0.25) is 0 Å². The minimum absolute atomic E-state index is 0. The first-order valence-corrected chi connectivity index (χ1v) is 5.49. The molecule has 0 heterocycles. The molecule has 0 aliphatic heterocycles.